The Labute approximate surface area is 235 Å². The minimum Gasteiger partial charge on any atom is -0.369 e. The minimum absolute atomic E-state index is 0.0668. The lowest BCUT2D eigenvalue weighted by atomic mass is 10.0. The first-order chi connectivity index (χ1) is 19.4. The van der Waals surface area contributed by atoms with Crippen molar-refractivity contribution in [3.63, 3.8) is 0 Å². The fraction of sp³-hybridized carbons (Fsp3) is 0.419. The van der Waals surface area contributed by atoms with Gasteiger partial charge < -0.3 is 10.2 Å². The van der Waals surface area contributed by atoms with Crippen LogP contribution in [0.2, 0.25) is 0 Å². The number of amides is 1. The number of anilines is 1. The summed E-state index contributed by atoms with van der Waals surface area (Å²) in [6, 6.07) is 12.7. The Hall–Kier alpha value is -3.98. The Kier molecular flexibility index (Phi) is 7.14. The Balaban J connectivity index is 1.26. The zero-order valence-corrected chi connectivity index (χ0v) is 23.8. The van der Waals surface area contributed by atoms with Gasteiger partial charge in [-0.05, 0) is 81.6 Å². The predicted molar refractivity (Wildman–Crippen MR) is 157 cm³/mol. The zero-order valence-electron chi connectivity index (χ0n) is 23.8. The fourth-order valence-corrected chi connectivity index (χ4v) is 5.94. The fourth-order valence-electron chi connectivity index (χ4n) is 5.94. The highest BCUT2D eigenvalue weighted by Crippen LogP contribution is 2.29. The number of benzene rings is 1. The quantitative estimate of drug-likeness (QED) is 0.374. The second kappa shape index (κ2) is 10.9. The number of fused-ring (bicyclic) bond motifs is 1. The van der Waals surface area contributed by atoms with Gasteiger partial charge in [0.1, 0.15) is 5.69 Å². The number of carbonyl (C=O) groups is 1. The van der Waals surface area contributed by atoms with E-state index in [2.05, 4.69) is 50.4 Å². The van der Waals surface area contributed by atoms with Crippen LogP contribution in [-0.2, 0) is 13.6 Å². The van der Waals surface area contributed by atoms with Gasteiger partial charge in [-0.3, -0.25) is 19.1 Å². The first-order valence-corrected chi connectivity index (χ1v) is 14.3. The molecule has 4 aromatic rings. The highest BCUT2D eigenvalue weighted by atomic mass is 16.1. The van der Waals surface area contributed by atoms with Crippen LogP contribution in [0.5, 0.6) is 0 Å². The van der Waals surface area contributed by atoms with Crippen LogP contribution >= 0.6 is 0 Å². The Morgan fingerprint density at radius 3 is 2.73 bits per heavy atom. The van der Waals surface area contributed by atoms with Gasteiger partial charge in [0.05, 0.1) is 23.6 Å². The van der Waals surface area contributed by atoms with Crippen molar-refractivity contribution >= 4 is 11.6 Å². The van der Waals surface area contributed by atoms with E-state index in [9.17, 15) is 4.79 Å². The molecule has 2 saturated heterocycles. The minimum atomic E-state index is -0.233. The summed E-state index contributed by atoms with van der Waals surface area (Å²) in [6.45, 7) is 11.2. The third kappa shape index (κ3) is 5.25. The summed E-state index contributed by atoms with van der Waals surface area (Å²) < 4.78 is 3.66. The van der Waals surface area contributed by atoms with Gasteiger partial charge in [0.15, 0.2) is 0 Å². The number of hydrogen-bond acceptors (Lipinski definition) is 6. The Morgan fingerprint density at radius 2 is 1.95 bits per heavy atom. The topological polar surface area (TPSA) is 84.1 Å². The lowest BCUT2D eigenvalue weighted by molar-refractivity contribution is 0.0939. The van der Waals surface area contributed by atoms with Crippen LogP contribution < -0.4 is 10.2 Å². The van der Waals surface area contributed by atoms with E-state index in [-0.39, 0.29) is 11.9 Å². The van der Waals surface area contributed by atoms with Crippen molar-refractivity contribution in [3.05, 3.63) is 71.7 Å². The molecule has 40 heavy (non-hydrogen) atoms. The summed E-state index contributed by atoms with van der Waals surface area (Å²) in [4.78, 5) is 23.6. The zero-order chi connectivity index (χ0) is 27.8. The molecule has 5 heterocycles. The standard InChI is InChI=1S/C31H38N8O/c1-5-39-12-10-28(35-39)30-16-23(15-29(34-30)24-18-32-36(4)19-24)22(3)33-31(40)27-17-25(9-8-21(27)2)38-14-13-37-11-6-7-26(37)20-38/h8-10,12,15-19,22,26H,5-7,11,13-14,20H2,1-4H3,(H,33,40)/t22-,26-/m1/s1. The van der Waals surface area contributed by atoms with Gasteiger partial charge in [-0.15, -0.1) is 0 Å². The van der Waals surface area contributed by atoms with Crippen LogP contribution in [0.1, 0.15) is 54.2 Å². The van der Waals surface area contributed by atoms with E-state index >= 15 is 0 Å². The molecule has 1 aromatic carbocycles. The Bertz CT molecular complexity index is 1520. The predicted octanol–water partition coefficient (Wildman–Crippen LogP) is 4.45. The molecule has 0 saturated carbocycles. The van der Waals surface area contributed by atoms with Crippen LogP contribution in [-0.4, -0.2) is 67.6 Å². The van der Waals surface area contributed by atoms with Gasteiger partial charge in [-0.25, -0.2) is 4.98 Å². The van der Waals surface area contributed by atoms with E-state index in [1.165, 1.54) is 19.4 Å². The molecule has 2 aliphatic rings. The van der Waals surface area contributed by atoms with Crippen molar-refractivity contribution in [1.82, 2.24) is 34.8 Å². The first-order valence-electron chi connectivity index (χ1n) is 14.3. The van der Waals surface area contributed by atoms with Gasteiger partial charge in [0, 0.05) is 68.5 Å². The monoisotopic (exact) mass is 538 g/mol. The maximum Gasteiger partial charge on any atom is 0.252 e. The van der Waals surface area contributed by atoms with Crippen molar-refractivity contribution in [2.45, 2.75) is 52.2 Å². The van der Waals surface area contributed by atoms with Crippen molar-refractivity contribution < 1.29 is 4.79 Å². The summed E-state index contributed by atoms with van der Waals surface area (Å²) >= 11 is 0. The van der Waals surface area contributed by atoms with E-state index < -0.39 is 0 Å². The SMILES string of the molecule is CCn1ccc(-c2cc([C@@H](C)NC(=O)c3cc(N4CCN5CCC[C@@H]5C4)ccc3C)cc(-c3cnn(C)c3)n2)n1. The molecule has 1 amide bonds. The molecule has 9 nitrogen and oxygen atoms in total. The molecule has 0 aliphatic carbocycles. The number of aryl methyl sites for hydroxylation is 3. The summed E-state index contributed by atoms with van der Waals surface area (Å²) in [5.41, 5.74) is 7.10. The van der Waals surface area contributed by atoms with Gasteiger partial charge in [-0.2, -0.15) is 10.2 Å². The molecule has 0 unspecified atom stereocenters. The van der Waals surface area contributed by atoms with Gasteiger partial charge in [0.2, 0.25) is 0 Å². The van der Waals surface area contributed by atoms with Gasteiger partial charge in [-0.1, -0.05) is 6.07 Å². The largest absolute Gasteiger partial charge is 0.369 e. The van der Waals surface area contributed by atoms with Crippen LogP contribution in [0.3, 0.4) is 0 Å². The van der Waals surface area contributed by atoms with Crippen molar-refractivity contribution in [3.8, 4) is 22.6 Å². The van der Waals surface area contributed by atoms with Crippen molar-refractivity contribution in [2.75, 3.05) is 31.1 Å². The molecule has 0 radical (unpaired) electrons. The molecule has 1 N–H and O–H groups in total. The number of rotatable bonds is 7. The number of nitrogens with zero attached hydrogens (tertiary/aromatic N) is 7. The molecular formula is C31H38N8O. The summed E-state index contributed by atoms with van der Waals surface area (Å²) in [5.74, 6) is -0.0668. The molecule has 6 rings (SSSR count). The van der Waals surface area contributed by atoms with Crippen LogP contribution in [0.25, 0.3) is 22.6 Å². The van der Waals surface area contributed by atoms with Crippen molar-refractivity contribution in [2.24, 2.45) is 7.05 Å². The average molecular weight is 539 g/mol. The van der Waals surface area contributed by atoms with Crippen molar-refractivity contribution in [1.29, 1.82) is 0 Å². The maximum atomic E-state index is 13.6. The summed E-state index contributed by atoms with van der Waals surface area (Å²) in [6.07, 6.45) is 8.27. The third-order valence-corrected chi connectivity index (χ3v) is 8.34. The summed E-state index contributed by atoms with van der Waals surface area (Å²) in [7, 11) is 1.89. The number of piperazine rings is 1. The lowest BCUT2D eigenvalue weighted by Crippen LogP contribution is -2.50. The third-order valence-electron chi connectivity index (χ3n) is 8.34. The van der Waals surface area contributed by atoms with Crippen LogP contribution in [0.4, 0.5) is 5.69 Å². The van der Waals surface area contributed by atoms with E-state index in [0.29, 0.717) is 6.04 Å². The Morgan fingerprint density at radius 1 is 1.10 bits per heavy atom. The molecular weight excluding hydrogens is 500 g/mol. The number of aromatic nitrogens is 5. The van der Waals surface area contributed by atoms with Crippen LogP contribution in [0, 0.1) is 6.92 Å². The highest BCUT2D eigenvalue weighted by molar-refractivity contribution is 5.97. The van der Waals surface area contributed by atoms with E-state index in [1.54, 1.807) is 4.68 Å². The van der Waals surface area contributed by atoms with Gasteiger partial charge in [0.25, 0.3) is 5.91 Å². The second-order valence-corrected chi connectivity index (χ2v) is 11.1. The number of pyridine rings is 1. The highest BCUT2D eigenvalue weighted by Gasteiger charge is 2.31. The molecule has 0 bridgehead atoms. The summed E-state index contributed by atoms with van der Waals surface area (Å²) in [5, 5.41) is 12.3. The number of carbonyl (C=O) groups excluding carboxylic acids is 1. The van der Waals surface area contributed by atoms with E-state index in [4.69, 9.17) is 4.98 Å². The molecule has 0 spiro atoms. The smallest absolute Gasteiger partial charge is 0.252 e. The average Bonchev–Trinajstić information content (AvgIpc) is 3.73. The number of hydrogen-bond donors (Lipinski definition) is 1. The molecule has 3 aromatic heterocycles. The molecule has 2 atom stereocenters. The number of nitrogens with one attached hydrogen (secondary N) is 1. The first kappa shape index (κ1) is 26.3. The van der Waals surface area contributed by atoms with E-state index in [0.717, 1.165) is 71.2 Å². The molecule has 208 valence electrons. The molecule has 2 fully saturated rings. The normalized spacial score (nSPS) is 18.1. The molecule has 2 aliphatic heterocycles. The second-order valence-electron chi connectivity index (χ2n) is 11.1. The van der Waals surface area contributed by atoms with E-state index in [1.807, 2.05) is 62.4 Å². The van der Waals surface area contributed by atoms with Gasteiger partial charge >= 0.3 is 0 Å². The molecule has 9 heteroatoms. The maximum absolute atomic E-state index is 13.6. The lowest BCUT2D eigenvalue weighted by Gasteiger charge is -2.39. The van der Waals surface area contributed by atoms with Crippen LogP contribution in [0.15, 0.2) is 55.0 Å².